The molecule has 2 aromatic carbocycles. The predicted molar refractivity (Wildman–Crippen MR) is 133 cm³/mol. The average molecular weight is 444 g/mol. The van der Waals surface area contributed by atoms with Gasteiger partial charge in [0.2, 0.25) is 0 Å². The first-order valence-corrected chi connectivity index (χ1v) is 12.1. The van der Waals surface area contributed by atoms with Crippen molar-refractivity contribution < 1.29 is 14.3 Å². The zero-order chi connectivity index (χ0) is 23.2. The Balaban J connectivity index is 1.56. The summed E-state index contributed by atoms with van der Waals surface area (Å²) in [5, 5.41) is 12.9. The van der Waals surface area contributed by atoms with E-state index in [1.807, 2.05) is 30.5 Å². The van der Waals surface area contributed by atoms with Gasteiger partial charge >= 0.3 is 0 Å². The zero-order valence-corrected chi connectivity index (χ0v) is 19.9. The smallest absolute Gasteiger partial charge is 0.131 e. The summed E-state index contributed by atoms with van der Waals surface area (Å²) in [5.41, 5.74) is 4.50. The van der Waals surface area contributed by atoms with Crippen LogP contribution in [0.5, 0.6) is 5.75 Å². The molecule has 2 aliphatic rings. The number of methoxy groups -OCH3 is 1. The van der Waals surface area contributed by atoms with E-state index < -0.39 is 6.10 Å². The third-order valence-corrected chi connectivity index (χ3v) is 8.48. The van der Waals surface area contributed by atoms with Crippen molar-refractivity contribution in [3.63, 3.8) is 0 Å². The number of nitrogens with zero attached hydrogens (tertiary/aromatic N) is 2. The van der Waals surface area contributed by atoms with Gasteiger partial charge in [-0.3, -0.25) is 4.98 Å². The first-order chi connectivity index (χ1) is 16.0. The number of ether oxygens (including phenoxy) is 1. The Hall–Kier alpha value is -2.69. The number of benzene rings is 2. The monoisotopic (exact) mass is 443 g/mol. The van der Waals surface area contributed by atoms with Crippen molar-refractivity contribution in [3.05, 3.63) is 84.1 Å². The summed E-state index contributed by atoms with van der Waals surface area (Å²) in [7, 11) is 1.68. The fourth-order valence-corrected chi connectivity index (χ4v) is 6.50. The fourth-order valence-electron chi connectivity index (χ4n) is 6.50. The minimum atomic E-state index is -0.558. The summed E-state index contributed by atoms with van der Waals surface area (Å²) >= 11 is 0. The van der Waals surface area contributed by atoms with Gasteiger partial charge in [0.1, 0.15) is 24.4 Å². The quantitative estimate of drug-likeness (QED) is 0.383. The van der Waals surface area contributed by atoms with Crippen molar-refractivity contribution in [2.24, 2.45) is 11.8 Å². The minimum absolute atomic E-state index is 0.147. The normalized spacial score (nSPS) is 28.1. The van der Waals surface area contributed by atoms with Gasteiger partial charge in [0, 0.05) is 35.9 Å². The van der Waals surface area contributed by atoms with Crippen molar-refractivity contribution >= 4 is 10.9 Å². The Labute approximate surface area is 197 Å². The molecule has 2 fully saturated rings. The van der Waals surface area contributed by atoms with E-state index in [4.69, 9.17) is 4.74 Å². The van der Waals surface area contributed by atoms with E-state index in [1.165, 1.54) is 17.5 Å². The van der Waals surface area contributed by atoms with Crippen LogP contribution in [0.15, 0.2) is 67.4 Å². The molecule has 0 aliphatic carbocycles. The van der Waals surface area contributed by atoms with Crippen LogP contribution >= 0.6 is 0 Å². The average Bonchev–Trinajstić information content (AvgIpc) is 3.05. The fraction of sp³-hybridized carbons (Fsp3) is 0.414. The number of pyridine rings is 1. The van der Waals surface area contributed by atoms with Crippen LogP contribution in [0.1, 0.15) is 42.6 Å². The van der Waals surface area contributed by atoms with Crippen molar-refractivity contribution in [2.75, 3.05) is 13.7 Å². The van der Waals surface area contributed by atoms with E-state index in [9.17, 15) is 5.11 Å². The molecule has 3 aromatic rings. The predicted octanol–water partition coefficient (Wildman–Crippen LogP) is 5.59. The molecule has 0 saturated carbocycles. The van der Waals surface area contributed by atoms with Gasteiger partial charge in [0.05, 0.1) is 25.2 Å². The number of hydrogen-bond donors (Lipinski definition) is 1. The number of hydrogen-bond acceptors (Lipinski definition) is 3. The molecule has 0 spiro atoms. The standard InChI is InChI=1S/C29H35N2O2/c1-5-20(3)24-17-28(31(15-13-27(24)31)18-21-8-6-19(2)7-9-21)29(32)23-12-14-30-26-11-10-22(33-4)16-25(23)26/h5-12,14,16,20,24,27-29,32H,1,13,15,17-18H2,2-4H3/q+1/t20?,24?,27?,28?,29-,31?/m0/s1. The van der Waals surface area contributed by atoms with Gasteiger partial charge in [-0.05, 0) is 42.7 Å². The van der Waals surface area contributed by atoms with Crippen LogP contribution in [-0.4, -0.2) is 40.3 Å². The third-order valence-electron chi connectivity index (χ3n) is 8.48. The van der Waals surface area contributed by atoms with Crippen LogP contribution in [0.3, 0.4) is 0 Å². The van der Waals surface area contributed by atoms with E-state index in [-0.39, 0.29) is 6.04 Å². The van der Waals surface area contributed by atoms with Crippen molar-refractivity contribution in [1.29, 1.82) is 0 Å². The van der Waals surface area contributed by atoms with E-state index in [2.05, 4.69) is 55.8 Å². The highest BCUT2D eigenvalue weighted by molar-refractivity contribution is 5.83. The van der Waals surface area contributed by atoms with Gasteiger partial charge < -0.3 is 14.3 Å². The molecule has 3 heterocycles. The molecule has 4 heteroatoms. The lowest BCUT2D eigenvalue weighted by atomic mass is 9.82. The molecular weight excluding hydrogens is 408 g/mol. The number of rotatable bonds is 7. The Morgan fingerprint density at radius 2 is 2.00 bits per heavy atom. The largest absolute Gasteiger partial charge is 0.497 e. The van der Waals surface area contributed by atoms with Crippen LogP contribution in [0.25, 0.3) is 10.9 Å². The molecule has 0 bridgehead atoms. The number of fused-ring (bicyclic) bond motifs is 2. The summed E-state index contributed by atoms with van der Waals surface area (Å²) in [6, 6.07) is 17.6. The number of aryl methyl sites for hydroxylation is 1. The molecule has 2 aliphatic heterocycles. The molecule has 2 saturated heterocycles. The third kappa shape index (κ3) is 3.66. The molecule has 0 amide bonds. The number of aromatic nitrogens is 1. The Morgan fingerprint density at radius 3 is 2.67 bits per heavy atom. The van der Waals surface area contributed by atoms with E-state index in [0.29, 0.717) is 17.9 Å². The lowest BCUT2D eigenvalue weighted by Crippen LogP contribution is -2.67. The van der Waals surface area contributed by atoms with Gasteiger partial charge in [0.25, 0.3) is 0 Å². The maximum atomic E-state index is 12.0. The number of aliphatic hydroxyl groups is 1. The van der Waals surface area contributed by atoms with Crippen molar-refractivity contribution in [3.8, 4) is 5.75 Å². The van der Waals surface area contributed by atoms with Gasteiger partial charge in [-0.2, -0.15) is 0 Å². The number of allylic oxidation sites excluding steroid dienone is 1. The summed E-state index contributed by atoms with van der Waals surface area (Å²) in [6.45, 7) is 10.6. The van der Waals surface area contributed by atoms with Crippen LogP contribution in [0, 0.1) is 18.8 Å². The van der Waals surface area contributed by atoms with Crippen LogP contribution in [0.2, 0.25) is 0 Å². The second-order valence-electron chi connectivity index (χ2n) is 10.1. The Bertz CT molecular complexity index is 1160. The molecule has 5 unspecified atom stereocenters. The highest BCUT2D eigenvalue weighted by Gasteiger charge is 2.63. The second kappa shape index (κ2) is 8.58. The Morgan fingerprint density at radius 1 is 1.21 bits per heavy atom. The van der Waals surface area contributed by atoms with E-state index in [1.54, 1.807) is 7.11 Å². The highest BCUT2D eigenvalue weighted by atomic mass is 16.5. The van der Waals surface area contributed by atoms with E-state index in [0.717, 1.165) is 46.2 Å². The zero-order valence-electron chi connectivity index (χ0n) is 19.9. The van der Waals surface area contributed by atoms with Crippen LogP contribution in [-0.2, 0) is 6.54 Å². The van der Waals surface area contributed by atoms with Crippen molar-refractivity contribution in [1.82, 2.24) is 4.98 Å². The molecule has 1 N–H and O–H groups in total. The lowest BCUT2D eigenvalue weighted by molar-refractivity contribution is -1.01. The van der Waals surface area contributed by atoms with Gasteiger partial charge in [-0.15, -0.1) is 6.58 Å². The molecule has 4 nitrogen and oxygen atoms in total. The van der Waals surface area contributed by atoms with Gasteiger partial charge in [0.15, 0.2) is 0 Å². The first kappa shape index (κ1) is 22.1. The lowest BCUT2D eigenvalue weighted by Gasteiger charge is -2.54. The van der Waals surface area contributed by atoms with Crippen LogP contribution < -0.4 is 4.74 Å². The van der Waals surface area contributed by atoms with Crippen LogP contribution in [0.4, 0.5) is 0 Å². The van der Waals surface area contributed by atoms with Crippen molar-refractivity contribution in [2.45, 2.75) is 51.4 Å². The summed E-state index contributed by atoms with van der Waals surface area (Å²) < 4.78 is 6.45. The summed E-state index contributed by atoms with van der Waals surface area (Å²) in [5.74, 6) is 1.78. The maximum Gasteiger partial charge on any atom is 0.131 e. The molecule has 33 heavy (non-hydrogen) atoms. The molecular formula is C29H35N2O2+. The Kier molecular flexibility index (Phi) is 5.75. The maximum absolute atomic E-state index is 12.0. The molecule has 6 atom stereocenters. The summed E-state index contributed by atoms with van der Waals surface area (Å²) in [6.07, 6.45) is 5.61. The molecule has 1 aromatic heterocycles. The minimum Gasteiger partial charge on any atom is -0.497 e. The number of quaternary nitrogens is 1. The molecule has 5 rings (SSSR count). The first-order valence-electron chi connectivity index (χ1n) is 12.1. The molecule has 172 valence electrons. The highest BCUT2D eigenvalue weighted by Crippen LogP contribution is 2.54. The van der Waals surface area contributed by atoms with Gasteiger partial charge in [-0.25, -0.2) is 0 Å². The van der Waals surface area contributed by atoms with E-state index >= 15 is 0 Å². The number of aliphatic hydroxyl groups excluding tert-OH is 1. The summed E-state index contributed by atoms with van der Waals surface area (Å²) in [4.78, 5) is 4.54. The molecule has 0 radical (unpaired) electrons. The second-order valence-corrected chi connectivity index (χ2v) is 10.1. The van der Waals surface area contributed by atoms with Gasteiger partial charge in [-0.1, -0.05) is 42.8 Å². The topological polar surface area (TPSA) is 42.4 Å². The SMILES string of the molecule is C=CC(C)C1CC([C@@H](O)c2ccnc3ccc(OC)cc23)[N+]2(Cc3ccc(C)cc3)CCC12.